The molecule has 0 spiro atoms. The Kier molecular flexibility index (Phi) is 8.18. The lowest BCUT2D eigenvalue weighted by molar-refractivity contribution is -0.143. The molecular weight excluding hydrogens is 474 g/mol. The van der Waals surface area contributed by atoms with Gasteiger partial charge in [0.05, 0.1) is 16.0 Å². The van der Waals surface area contributed by atoms with Crippen LogP contribution in [-0.4, -0.2) is 31.7 Å². The molecule has 0 radical (unpaired) electrons. The minimum Gasteiger partial charge on any atom is -0.326 e. The number of rotatable bonds is 8. The van der Waals surface area contributed by atoms with E-state index < -0.39 is 45.1 Å². The third-order valence-electron chi connectivity index (χ3n) is 4.78. The van der Waals surface area contributed by atoms with Crippen LogP contribution in [0.25, 0.3) is 0 Å². The van der Waals surface area contributed by atoms with Crippen molar-refractivity contribution in [3.05, 3.63) is 59.2 Å². The van der Waals surface area contributed by atoms with Gasteiger partial charge in [0.15, 0.2) is 0 Å². The minimum atomic E-state index is -5.02. The molecule has 0 saturated carbocycles. The zero-order valence-corrected chi connectivity index (χ0v) is 18.5. The SMILES string of the molecule is CCN(CC)S(=O)(=O)c1ccc(CCC(=O)Nc2cc(C(F)(F)F)cc(C(F)(F)F)c2)cc1. The summed E-state index contributed by atoms with van der Waals surface area (Å²) in [4.78, 5) is 12.2. The lowest BCUT2D eigenvalue weighted by Crippen LogP contribution is -2.30. The van der Waals surface area contributed by atoms with Crippen LogP contribution in [0.5, 0.6) is 0 Å². The Morgan fingerprint density at radius 2 is 1.36 bits per heavy atom. The average molecular weight is 496 g/mol. The zero-order chi connectivity index (χ0) is 25.0. The Morgan fingerprint density at radius 3 is 1.79 bits per heavy atom. The fraction of sp³-hybridized carbons (Fsp3) is 0.381. The third-order valence-corrected chi connectivity index (χ3v) is 6.84. The van der Waals surface area contributed by atoms with E-state index in [2.05, 4.69) is 5.32 Å². The fourth-order valence-corrected chi connectivity index (χ4v) is 4.51. The van der Waals surface area contributed by atoms with Gasteiger partial charge in [-0.05, 0) is 42.3 Å². The van der Waals surface area contributed by atoms with E-state index in [9.17, 15) is 39.6 Å². The lowest BCUT2D eigenvalue weighted by Gasteiger charge is -2.18. The van der Waals surface area contributed by atoms with Gasteiger partial charge in [-0.25, -0.2) is 8.42 Å². The number of benzene rings is 2. The van der Waals surface area contributed by atoms with E-state index in [0.717, 1.165) is 0 Å². The topological polar surface area (TPSA) is 66.5 Å². The maximum atomic E-state index is 12.9. The van der Waals surface area contributed by atoms with Gasteiger partial charge in [0.25, 0.3) is 0 Å². The van der Waals surface area contributed by atoms with Crippen LogP contribution in [0.15, 0.2) is 47.4 Å². The second-order valence-electron chi connectivity index (χ2n) is 7.08. The number of carbonyl (C=O) groups is 1. The molecule has 33 heavy (non-hydrogen) atoms. The summed E-state index contributed by atoms with van der Waals surface area (Å²) in [6.45, 7) is 4.00. The van der Waals surface area contributed by atoms with E-state index in [1.807, 2.05) is 0 Å². The monoisotopic (exact) mass is 496 g/mol. The molecule has 0 unspecified atom stereocenters. The molecule has 0 aliphatic heterocycles. The molecular formula is C21H22F6N2O3S. The first-order valence-corrected chi connectivity index (χ1v) is 11.3. The number of nitrogens with one attached hydrogen (secondary N) is 1. The Hall–Kier alpha value is -2.60. The second-order valence-corrected chi connectivity index (χ2v) is 9.01. The summed E-state index contributed by atoms with van der Waals surface area (Å²) < 4.78 is 104. The number of carbonyl (C=O) groups excluding carboxylic acids is 1. The van der Waals surface area contributed by atoms with E-state index >= 15 is 0 Å². The van der Waals surface area contributed by atoms with E-state index in [4.69, 9.17) is 0 Å². The number of sulfonamides is 1. The normalized spacial score (nSPS) is 12.8. The number of nitrogens with zero attached hydrogens (tertiary/aromatic N) is 1. The van der Waals surface area contributed by atoms with Gasteiger partial charge < -0.3 is 5.32 Å². The number of alkyl halides is 6. The predicted molar refractivity (Wildman–Crippen MR) is 110 cm³/mol. The maximum absolute atomic E-state index is 12.9. The lowest BCUT2D eigenvalue weighted by atomic mass is 10.1. The number of anilines is 1. The van der Waals surface area contributed by atoms with Crippen LogP contribution in [0.4, 0.5) is 32.0 Å². The number of amides is 1. The van der Waals surface area contributed by atoms with Gasteiger partial charge in [0.1, 0.15) is 0 Å². The molecule has 12 heteroatoms. The molecule has 0 aromatic heterocycles. The number of halogens is 6. The molecule has 0 fully saturated rings. The van der Waals surface area contributed by atoms with Crippen molar-refractivity contribution >= 4 is 21.6 Å². The van der Waals surface area contributed by atoms with Crippen LogP contribution < -0.4 is 5.32 Å². The summed E-state index contributed by atoms with van der Waals surface area (Å²) >= 11 is 0. The van der Waals surface area contributed by atoms with Crippen molar-refractivity contribution < 1.29 is 39.6 Å². The number of hydrogen-bond donors (Lipinski definition) is 1. The molecule has 0 atom stereocenters. The van der Waals surface area contributed by atoms with E-state index in [-0.39, 0.29) is 23.8 Å². The predicted octanol–water partition coefficient (Wildman–Crippen LogP) is 5.33. The molecule has 2 aromatic carbocycles. The van der Waals surface area contributed by atoms with Crippen molar-refractivity contribution in [1.82, 2.24) is 4.31 Å². The maximum Gasteiger partial charge on any atom is 0.416 e. The van der Waals surface area contributed by atoms with E-state index in [0.29, 0.717) is 30.8 Å². The van der Waals surface area contributed by atoms with Gasteiger partial charge in [0, 0.05) is 25.2 Å². The molecule has 182 valence electrons. The molecule has 1 N–H and O–H groups in total. The molecule has 5 nitrogen and oxygen atoms in total. The van der Waals surface area contributed by atoms with Gasteiger partial charge in [-0.2, -0.15) is 30.6 Å². The second kappa shape index (κ2) is 10.1. The fourth-order valence-electron chi connectivity index (χ4n) is 3.05. The van der Waals surface area contributed by atoms with E-state index in [1.165, 1.54) is 28.6 Å². The smallest absolute Gasteiger partial charge is 0.326 e. The largest absolute Gasteiger partial charge is 0.416 e. The molecule has 2 aromatic rings. The van der Waals surface area contributed by atoms with Crippen molar-refractivity contribution in [1.29, 1.82) is 0 Å². The molecule has 2 rings (SSSR count). The first-order valence-electron chi connectivity index (χ1n) is 9.87. The Balaban J connectivity index is 2.10. The molecule has 0 aliphatic carbocycles. The molecule has 0 aliphatic rings. The average Bonchev–Trinajstić information content (AvgIpc) is 2.72. The summed E-state index contributed by atoms with van der Waals surface area (Å²) in [5.41, 5.74) is -3.11. The summed E-state index contributed by atoms with van der Waals surface area (Å²) in [5.74, 6) is -0.790. The van der Waals surface area contributed by atoms with Gasteiger partial charge in [0.2, 0.25) is 15.9 Å². The highest BCUT2D eigenvalue weighted by molar-refractivity contribution is 7.89. The van der Waals surface area contributed by atoms with Crippen molar-refractivity contribution in [3.63, 3.8) is 0 Å². The van der Waals surface area contributed by atoms with Crippen LogP contribution in [0.3, 0.4) is 0 Å². The highest BCUT2D eigenvalue weighted by Crippen LogP contribution is 2.37. The number of hydrogen-bond acceptors (Lipinski definition) is 3. The van der Waals surface area contributed by atoms with Gasteiger partial charge in [-0.15, -0.1) is 0 Å². The first kappa shape index (κ1) is 26.7. The van der Waals surface area contributed by atoms with Gasteiger partial charge in [-0.3, -0.25) is 4.79 Å². The molecule has 1 amide bonds. The quantitative estimate of drug-likeness (QED) is 0.503. The van der Waals surface area contributed by atoms with Crippen LogP contribution in [0, 0.1) is 0 Å². The highest BCUT2D eigenvalue weighted by atomic mass is 32.2. The van der Waals surface area contributed by atoms with E-state index in [1.54, 1.807) is 13.8 Å². The van der Waals surface area contributed by atoms with Crippen molar-refractivity contribution in [2.75, 3.05) is 18.4 Å². The number of aryl methyl sites for hydroxylation is 1. The molecule has 0 heterocycles. The third kappa shape index (κ3) is 6.94. The van der Waals surface area contributed by atoms with Crippen molar-refractivity contribution in [2.24, 2.45) is 0 Å². The first-order chi connectivity index (χ1) is 15.2. The Bertz CT molecular complexity index is 1040. The molecule has 0 bridgehead atoms. The zero-order valence-electron chi connectivity index (χ0n) is 17.7. The summed E-state index contributed by atoms with van der Waals surface area (Å²) in [5, 5.41) is 2.06. The van der Waals surface area contributed by atoms with Gasteiger partial charge in [-0.1, -0.05) is 26.0 Å². The van der Waals surface area contributed by atoms with Gasteiger partial charge >= 0.3 is 12.4 Å². The Morgan fingerprint density at radius 1 is 0.879 bits per heavy atom. The standard InChI is InChI=1S/C21H22F6N2O3S/c1-3-29(4-2)33(31,32)18-8-5-14(6-9-18)7-10-19(30)28-17-12-15(20(22,23)24)11-16(13-17)21(25,26)27/h5-6,8-9,11-13H,3-4,7,10H2,1-2H3,(H,28,30). The van der Waals surface area contributed by atoms with Crippen molar-refractivity contribution in [2.45, 2.75) is 43.9 Å². The summed E-state index contributed by atoms with van der Waals surface area (Å²) in [6, 6.07) is 6.58. The molecule has 0 saturated heterocycles. The highest BCUT2D eigenvalue weighted by Gasteiger charge is 2.37. The minimum absolute atomic E-state index is 0.0243. The summed E-state index contributed by atoms with van der Waals surface area (Å²) in [6.07, 6.45) is -10.2. The van der Waals surface area contributed by atoms with Crippen molar-refractivity contribution in [3.8, 4) is 0 Å². The Labute approximate surface area is 187 Å². The van der Waals surface area contributed by atoms with Crippen LogP contribution in [-0.2, 0) is 33.6 Å². The van der Waals surface area contributed by atoms with Crippen LogP contribution >= 0.6 is 0 Å². The van der Waals surface area contributed by atoms with Crippen LogP contribution in [0.2, 0.25) is 0 Å². The summed E-state index contributed by atoms with van der Waals surface area (Å²) in [7, 11) is -3.65. The van der Waals surface area contributed by atoms with Crippen LogP contribution in [0.1, 0.15) is 37.0 Å².